The molecule has 1 aromatic heterocycles. The number of anilines is 1. The highest BCUT2D eigenvalue weighted by Gasteiger charge is 2.17. The highest BCUT2D eigenvalue weighted by molar-refractivity contribution is 5.89. The average Bonchev–Trinajstić information content (AvgIpc) is 2.42. The van der Waals surface area contributed by atoms with Crippen molar-refractivity contribution in [2.45, 2.75) is 20.3 Å². The number of methoxy groups -OCH3 is 2. The lowest BCUT2D eigenvalue weighted by Crippen LogP contribution is -2.25. The van der Waals surface area contributed by atoms with Crippen molar-refractivity contribution in [3.63, 3.8) is 0 Å². The Kier molecular flexibility index (Phi) is 5.76. The molecule has 0 aliphatic heterocycles. The van der Waals surface area contributed by atoms with Gasteiger partial charge < -0.3 is 14.8 Å². The van der Waals surface area contributed by atoms with Gasteiger partial charge in [-0.25, -0.2) is 9.78 Å². The lowest BCUT2D eigenvalue weighted by atomic mass is 9.90. The van der Waals surface area contributed by atoms with Crippen molar-refractivity contribution >= 4 is 11.8 Å². The first-order valence-corrected chi connectivity index (χ1v) is 6.26. The summed E-state index contributed by atoms with van der Waals surface area (Å²) >= 11 is 0. The van der Waals surface area contributed by atoms with E-state index < -0.39 is 0 Å². The largest absolute Gasteiger partial charge is 0.465 e. The summed E-state index contributed by atoms with van der Waals surface area (Å²) in [5.41, 5.74) is 0.591. The molecule has 1 heterocycles. The second-order valence-corrected chi connectivity index (χ2v) is 5.18. The zero-order chi connectivity index (χ0) is 14.3. The van der Waals surface area contributed by atoms with Gasteiger partial charge in [0.05, 0.1) is 12.7 Å². The Morgan fingerprint density at radius 2 is 2.16 bits per heavy atom. The quantitative estimate of drug-likeness (QED) is 0.768. The number of pyridine rings is 1. The average molecular weight is 266 g/mol. The minimum Gasteiger partial charge on any atom is -0.465 e. The maximum Gasteiger partial charge on any atom is 0.338 e. The molecule has 0 radical (unpaired) electrons. The standard InChI is InChI=1S/C14H22N2O3/c1-14(2,6-8-18-3)10-16-12-9-11(5-7-15-12)13(17)19-4/h5,7,9H,6,8,10H2,1-4H3,(H,15,16). The lowest BCUT2D eigenvalue weighted by molar-refractivity contribution is 0.0600. The van der Waals surface area contributed by atoms with E-state index >= 15 is 0 Å². The number of hydrogen-bond donors (Lipinski definition) is 1. The van der Waals surface area contributed by atoms with Crippen LogP contribution in [-0.2, 0) is 9.47 Å². The van der Waals surface area contributed by atoms with Crippen molar-refractivity contribution in [1.82, 2.24) is 4.98 Å². The molecule has 0 unspecified atom stereocenters. The smallest absolute Gasteiger partial charge is 0.338 e. The Morgan fingerprint density at radius 3 is 2.79 bits per heavy atom. The Balaban J connectivity index is 2.60. The zero-order valence-electron chi connectivity index (χ0n) is 12.0. The zero-order valence-corrected chi connectivity index (χ0v) is 12.0. The SMILES string of the molecule is COCCC(C)(C)CNc1cc(C(=O)OC)ccn1. The summed E-state index contributed by atoms with van der Waals surface area (Å²) in [7, 11) is 3.06. The molecule has 1 aromatic rings. The van der Waals surface area contributed by atoms with E-state index in [1.165, 1.54) is 7.11 Å². The third kappa shape index (κ3) is 5.26. The summed E-state index contributed by atoms with van der Waals surface area (Å²) < 4.78 is 9.77. The number of carbonyl (C=O) groups excluding carboxylic acids is 1. The third-order valence-corrected chi connectivity index (χ3v) is 2.91. The number of hydrogen-bond acceptors (Lipinski definition) is 5. The molecule has 0 amide bonds. The van der Waals surface area contributed by atoms with E-state index in [0.717, 1.165) is 19.6 Å². The van der Waals surface area contributed by atoms with Gasteiger partial charge in [0.2, 0.25) is 0 Å². The van der Waals surface area contributed by atoms with E-state index in [2.05, 4.69) is 28.9 Å². The number of ether oxygens (including phenoxy) is 2. The Labute approximate surface area is 114 Å². The molecule has 5 heteroatoms. The van der Waals surface area contributed by atoms with Crippen LogP contribution < -0.4 is 5.32 Å². The number of aromatic nitrogens is 1. The monoisotopic (exact) mass is 266 g/mol. The second kappa shape index (κ2) is 7.09. The van der Waals surface area contributed by atoms with Gasteiger partial charge in [-0.15, -0.1) is 0 Å². The van der Waals surface area contributed by atoms with Crippen LogP contribution >= 0.6 is 0 Å². The van der Waals surface area contributed by atoms with E-state index in [0.29, 0.717) is 11.4 Å². The molecule has 19 heavy (non-hydrogen) atoms. The Bertz CT molecular complexity index is 419. The van der Waals surface area contributed by atoms with Crippen molar-refractivity contribution in [2.24, 2.45) is 5.41 Å². The molecule has 5 nitrogen and oxygen atoms in total. The summed E-state index contributed by atoms with van der Waals surface area (Å²) in [6.45, 7) is 5.80. The van der Waals surface area contributed by atoms with Crippen molar-refractivity contribution in [3.8, 4) is 0 Å². The van der Waals surface area contributed by atoms with E-state index in [9.17, 15) is 4.79 Å². The number of rotatable bonds is 7. The van der Waals surface area contributed by atoms with Gasteiger partial charge in [-0.2, -0.15) is 0 Å². The molecule has 0 saturated carbocycles. The second-order valence-electron chi connectivity index (χ2n) is 5.18. The molecular formula is C14H22N2O3. The van der Waals surface area contributed by atoms with Crippen LogP contribution in [0.5, 0.6) is 0 Å². The van der Waals surface area contributed by atoms with Crippen molar-refractivity contribution in [2.75, 3.05) is 32.7 Å². The van der Waals surface area contributed by atoms with Gasteiger partial charge in [0.15, 0.2) is 0 Å². The van der Waals surface area contributed by atoms with Gasteiger partial charge >= 0.3 is 5.97 Å². The van der Waals surface area contributed by atoms with Gasteiger partial charge in [-0.05, 0) is 24.0 Å². The molecule has 0 bridgehead atoms. The van der Waals surface area contributed by atoms with Crippen LogP contribution in [0.4, 0.5) is 5.82 Å². The van der Waals surface area contributed by atoms with Gasteiger partial charge in [0.25, 0.3) is 0 Å². The van der Waals surface area contributed by atoms with Crippen LogP contribution in [0, 0.1) is 5.41 Å². The molecule has 106 valence electrons. The first-order valence-electron chi connectivity index (χ1n) is 6.26. The lowest BCUT2D eigenvalue weighted by Gasteiger charge is -2.24. The van der Waals surface area contributed by atoms with E-state index in [-0.39, 0.29) is 11.4 Å². The summed E-state index contributed by atoms with van der Waals surface area (Å²) in [4.78, 5) is 15.6. The summed E-state index contributed by atoms with van der Waals surface area (Å²) in [6.07, 6.45) is 2.55. The molecule has 1 rings (SSSR count). The Hall–Kier alpha value is -1.62. The van der Waals surface area contributed by atoms with Crippen molar-refractivity contribution in [3.05, 3.63) is 23.9 Å². The highest BCUT2D eigenvalue weighted by Crippen LogP contribution is 2.21. The molecule has 0 aromatic carbocycles. The van der Waals surface area contributed by atoms with Crippen LogP contribution in [0.3, 0.4) is 0 Å². The Morgan fingerprint density at radius 1 is 1.42 bits per heavy atom. The van der Waals surface area contributed by atoms with E-state index in [4.69, 9.17) is 4.74 Å². The van der Waals surface area contributed by atoms with E-state index in [1.807, 2.05) is 0 Å². The molecule has 0 saturated heterocycles. The van der Waals surface area contributed by atoms with Crippen LogP contribution in [0.25, 0.3) is 0 Å². The van der Waals surface area contributed by atoms with Crippen LogP contribution in [0.15, 0.2) is 18.3 Å². The van der Waals surface area contributed by atoms with Crippen molar-refractivity contribution in [1.29, 1.82) is 0 Å². The number of esters is 1. The highest BCUT2D eigenvalue weighted by atomic mass is 16.5. The molecule has 0 fully saturated rings. The topological polar surface area (TPSA) is 60.5 Å². The minimum absolute atomic E-state index is 0.0962. The molecular weight excluding hydrogens is 244 g/mol. The fourth-order valence-electron chi connectivity index (χ4n) is 1.57. The van der Waals surface area contributed by atoms with Gasteiger partial charge in [0, 0.05) is 26.5 Å². The van der Waals surface area contributed by atoms with Crippen molar-refractivity contribution < 1.29 is 14.3 Å². The normalized spacial score (nSPS) is 11.2. The number of nitrogens with zero attached hydrogens (tertiary/aromatic N) is 1. The molecule has 1 N–H and O–H groups in total. The predicted molar refractivity (Wildman–Crippen MR) is 74.3 cm³/mol. The van der Waals surface area contributed by atoms with Crippen LogP contribution in [-0.4, -0.2) is 38.3 Å². The summed E-state index contributed by atoms with van der Waals surface area (Å²) in [5, 5.41) is 3.24. The fraction of sp³-hybridized carbons (Fsp3) is 0.571. The fourth-order valence-corrected chi connectivity index (χ4v) is 1.57. The summed E-state index contributed by atoms with van der Waals surface area (Å²) in [6, 6.07) is 3.32. The number of carbonyl (C=O) groups is 1. The number of nitrogens with one attached hydrogen (secondary N) is 1. The van der Waals surface area contributed by atoms with Gasteiger partial charge in [0.1, 0.15) is 5.82 Å². The van der Waals surface area contributed by atoms with E-state index in [1.54, 1.807) is 25.4 Å². The maximum atomic E-state index is 11.4. The molecule has 0 aliphatic rings. The minimum atomic E-state index is -0.357. The van der Waals surface area contributed by atoms with Crippen LogP contribution in [0.2, 0.25) is 0 Å². The van der Waals surface area contributed by atoms with Crippen LogP contribution in [0.1, 0.15) is 30.6 Å². The molecule has 0 aliphatic carbocycles. The molecule has 0 atom stereocenters. The summed E-state index contributed by atoms with van der Waals surface area (Å²) in [5.74, 6) is 0.317. The first-order chi connectivity index (χ1) is 8.98. The third-order valence-electron chi connectivity index (χ3n) is 2.91. The van der Waals surface area contributed by atoms with Gasteiger partial charge in [-0.3, -0.25) is 0 Å². The first kappa shape index (κ1) is 15.4. The molecule has 0 spiro atoms. The maximum absolute atomic E-state index is 11.4. The predicted octanol–water partition coefficient (Wildman–Crippen LogP) is 2.34. The van der Waals surface area contributed by atoms with Gasteiger partial charge in [-0.1, -0.05) is 13.8 Å².